The molecular weight excluding hydrogens is 872 g/mol. The molecule has 340 valence electrons. The van der Waals surface area contributed by atoms with Gasteiger partial charge in [-0.3, -0.25) is 9.59 Å². The number of carbonyl (C=O) groups is 2. The lowest BCUT2D eigenvalue weighted by atomic mass is 9.95. The van der Waals surface area contributed by atoms with Crippen LogP contribution >= 0.6 is 35.1 Å². The summed E-state index contributed by atoms with van der Waals surface area (Å²) in [6.07, 6.45) is 5.91. The summed E-state index contributed by atoms with van der Waals surface area (Å²) in [4.78, 5) is 48.1. The molecular formula is C46H55ClN2O12S2. The molecule has 2 atom stereocenters. The van der Waals surface area contributed by atoms with E-state index in [1.807, 2.05) is 56.7 Å². The normalized spacial score (nSPS) is 14.3. The number of rotatable bonds is 11. The van der Waals surface area contributed by atoms with Crippen molar-refractivity contribution in [2.45, 2.75) is 61.4 Å². The van der Waals surface area contributed by atoms with Crippen LogP contribution in [0.5, 0.6) is 34.5 Å². The van der Waals surface area contributed by atoms with E-state index < -0.39 is 17.6 Å². The Morgan fingerprint density at radius 3 is 1.49 bits per heavy atom. The van der Waals surface area contributed by atoms with Crippen LogP contribution in [0.15, 0.2) is 67.9 Å². The number of benzene rings is 2. The summed E-state index contributed by atoms with van der Waals surface area (Å²) >= 11 is 7.41. The molecule has 0 bridgehead atoms. The van der Waals surface area contributed by atoms with E-state index in [4.69, 9.17) is 38.9 Å². The summed E-state index contributed by atoms with van der Waals surface area (Å²) in [5.74, 6) is 3.44. The van der Waals surface area contributed by atoms with Gasteiger partial charge in [-0.05, 0) is 122 Å². The van der Waals surface area contributed by atoms with Crippen molar-refractivity contribution in [2.24, 2.45) is 5.73 Å². The average molecular weight is 928 g/mol. The number of fused-ring (bicyclic) bond motifs is 6. The van der Waals surface area contributed by atoms with E-state index in [9.17, 15) is 19.2 Å². The van der Waals surface area contributed by atoms with E-state index in [2.05, 4.69) is 21.7 Å². The van der Waals surface area contributed by atoms with Gasteiger partial charge in [0.15, 0.2) is 33.9 Å². The highest BCUT2D eigenvalue weighted by Crippen LogP contribution is 2.51. The molecule has 63 heavy (non-hydrogen) atoms. The van der Waals surface area contributed by atoms with Gasteiger partial charge in [-0.15, -0.1) is 23.5 Å². The fourth-order valence-corrected chi connectivity index (χ4v) is 8.46. The fourth-order valence-electron chi connectivity index (χ4n) is 7.54. The first-order valence-electron chi connectivity index (χ1n) is 19.9. The largest absolute Gasteiger partial charge is 0.492 e. The average Bonchev–Trinajstić information content (AvgIpc) is 3.67. The van der Waals surface area contributed by atoms with Crippen molar-refractivity contribution in [3.63, 3.8) is 0 Å². The summed E-state index contributed by atoms with van der Waals surface area (Å²) in [5.41, 5.74) is 12.6. The number of amides is 1. The number of aryl methyl sites for hydroxylation is 2. The molecule has 0 saturated heterocycles. The van der Waals surface area contributed by atoms with Crippen LogP contribution in [-0.2, 0) is 22.3 Å². The predicted molar refractivity (Wildman–Crippen MR) is 249 cm³/mol. The van der Waals surface area contributed by atoms with Crippen LogP contribution in [0.1, 0.15) is 61.0 Å². The van der Waals surface area contributed by atoms with Crippen molar-refractivity contribution >= 4 is 46.6 Å². The summed E-state index contributed by atoms with van der Waals surface area (Å²) in [7, 11) is 8.90. The predicted octanol–water partition coefficient (Wildman–Crippen LogP) is 8.98. The Hall–Kier alpha value is -5.29. The third-order valence-electron chi connectivity index (χ3n) is 10.3. The molecule has 0 aromatic heterocycles. The van der Waals surface area contributed by atoms with Crippen molar-refractivity contribution < 1.29 is 47.5 Å². The van der Waals surface area contributed by atoms with Gasteiger partial charge in [0.05, 0.1) is 71.7 Å². The molecule has 2 aliphatic carbocycles. The minimum absolute atomic E-state index is 0.0143. The Labute approximate surface area is 381 Å². The molecule has 0 fully saturated rings. The molecule has 6 rings (SSSR count). The third kappa shape index (κ3) is 11.6. The zero-order valence-electron chi connectivity index (χ0n) is 37.2. The maximum absolute atomic E-state index is 12.8. The van der Waals surface area contributed by atoms with Crippen molar-refractivity contribution in [3.8, 4) is 56.8 Å². The van der Waals surface area contributed by atoms with Gasteiger partial charge in [0.25, 0.3) is 0 Å². The number of hydrogen-bond donors (Lipinski definition) is 2. The zero-order chi connectivity index (χ0) is 46.4. The van der Waals surface area contributed by atoms with E-state index in [0.717, 1.165) is 51.8 Å². The Balaban J connectivity index is 0.000000252. The zero-order valence-corrected chi connectivity index (χ0v) is 39.6. The van der Waals surface area contributed by atoms with Gasteiger partial charge in [0, 0.05) is 28.8 Å². The molecule has 1 amide bonds. The number of carbonyl (C=O) groups excluding carboxylic acids is 2. The molecule has 17 heteroatoms. The van der Waals surface area contributed by atoms with Gasteiger partial charge >= 0.3 is 11.5 Å². The Kier molecular flexibility index (Phi) is 19.2. The maximum Gasteiger partial charge on any atom is 0.407 e. The highest BCUT2D eigenvalue weighted by molar-refractivity contribution is 7.98. The molecule has 3 N–H and O–H groups in total. The van der Waals surface area contributed by atoms with E-state index in [-0.39, 0.29) is 16.9 Å². The SMILES string of the molecule is CCOc1cc2c(c(OC)c1OC)-c1ccc(SC)c(=O)cc1[C@@H](N)CC2.CCOc1cc2c(c(OC)c1OC)-c1ccc(SC)c(=O)cc1[C@@H](NC(=O)OC)CC2.COC(=O)Cl. The molecule has 0 heterocycles. The van der Waals surface area contributed by atoms with E-state index in [1.165, 1.54) is 37.7 Å². The molecule has 0 aliphatic heterocycles. The van der Waals surface area contributed by atoms with Gasteiger partial charge in [-0.25, -0.2) is 9.59 Å². The minimum Gasteiger partial charge on any atom is -0.492 e. The standard InChI is InChI=1S/C23H27NO6S.C21H25NO4S.C2H3ClO2/c1-6-30-18-11-13-7-9-16(24-23(26)29-4)15-12-17(25)19(31-5)10-8-14(15)20(13)22(28-3)21(18)27-2;1-5-26-17-10-12-6-8-15(22)14-11-16(23)18(27-4)9-7-13(14)19(12)21(25-3)20(17)24-2;1-5-2(3)4/h8,10-12,16H,6-7,9H2,1-5H3,(H,24,26);7,9-11,15H,5-6,8,22H2,1-4H3;1H3/t16-;15-;/m00./s1. The highest BCUT2D eigenvalue weighted by atomic mass is 35.5. The first-order chi connectivity index (χ1) is 30.3. The first kappa shape index (κ1) is 50.4. The highest BCUT2D eigenvalue weighted by Gasteiger charge is 2.31. The molecule has 4 aromatic carbocycles. The number of ether oxygens (including phenoxy) is 8. The number of nitrogens with one attached hydrogen (secondary N) is 1. The summed E-state index contributed by atoms with van der Waals surface area (Å²) in [6, 6.07) is 14.1. The van der Waals surface area contributed by atoms with Crippen LogP contribution in [0.3, 0.4) is 0 Å². The second-order valence-electron chi connectivity index (χ2n) is 13.7. The van der Waals surface area contributed by atoms with Crippen LogP contribution in [-0.4, -0.2) is 79.9 Å². The summed E-state index contributed by atoms with van der Waals surface area (Å²) in [6.45, 7) is 4.85. The van der Waals surface area contributed by atoms with E-state index in [0.29, 0.717) is 75.9 Å². The molecule has 0 saturated carbocycles. The van der Waals surface area contributed by atoms with Crippen LogP contribution < -0.4 is 50.3 Å². The topological polar surface area (TPSA) is 180 Å². The second kappa shape index (κ2) is 24.0. The Bertz CT molecular complexity index is 2400. The quantitative estimate of drug-likeness (QED) is 0.107. The monoisotopic (exact) mass is 926 g/mol. The smallest absolute Gasteiger partial charge is 0.407 e. The van der Waals surface area contributed by atoms with Gasteiger partial charge in [-0.2, -0.15) is 0 Å². The van der Waals surface area contributed by atoms with Crippen molar-refractivity contribution in [2.75, 3.05) is 68.4 Å². The Morgan fingerprint density at radius 2 is 1.10 bits per heavy atom. The van der Waals surface area contributed by atoms with Gasteiger partial charge in [0.1, 0.15) is 0 Å². The number of thioether (sulfide) groups is 2. The molecule has 0 radical (unpaired) electrons. The third-order valence-corrected chi connectivity index (χ3v) is 12.0. The fraction of sp³-hybridized carbons (Fsp3) is 0.391. The van der Waals surface area contributed by atoms with E-state index >= 15 is 0 Å². The van der Waals surface area contributed by atoms with Crippen molar-refractivity contribution in [1.29, 1.82) is 0 Å². The summed E-state index contributed by atoms with van der Waals surface area (Å²) in [5, 5.41) is 2.87. The van der Waals surface area contributed by atoms with Crippen LogP contribution in [0.25, 0.3) is 22.3 Å². The Morgan fingerprint density at radius 1 is 0.667 bits per heavy atom. The maximum atomic E-state index is 12.8. The van der Waals surface area contributed by atoms with Crippen molar-refractivity contribution in [3.05, 3.63) is 91.2 Å². The lowest BCUT2D eigenvalue weighted by molar-refractivity contribution is 0.166. The molecule has 0 unspecified atom stereocenters. The molecule has 2 aliphatic rings. The first-order valence-corrected chi connectivity index (χ1v) is 22.7. The number of methoxy groups -OCH3 is 6. The molecule has 4 aromatic rings. The lowest BCUT2D eigenvalue weighted by Crippen LogP contribution is -2.28. The van der Waals surface area contributed by atoms with Gasteiger partial charge in [0.2, 0.25) is 11.5 Å². The number of hydrogen-bond acceptors (Lipinski definition) is 15. The molecule has 14 nitrogen and oxygen atoms in total. The summed E-state index contributed by atoms with van der Waals surface area (Å²) < 4.78 is 43.1. The molecule has 0 spiro atoms. The van der Waals surface area contributed by atoms with Crippen LogP contribution in [0.4, 0.5) is 9.59 Å². The van der Waals surface area contributed by atoms with Crippen LogP contribution in [0, 0.1) is 0 Å². The number of alkyl carbamates (subject to hydrolysis) is 1. The van der Waals surface area contributed by atoms with Gasteiger partial charge < -0.3 is 48.9 Å². The van der Waals surface area contributed by atoms with Crippen molar-refractivity contribution in [1.82, 2.24) is 5.32 Å². The second-order valence-corrected chi connectivity index (χ2v) is 15.7. The van der Waals surface area contributed by atoms with Gasteiger partial charge in [-0.1, -0.05) is 12.1 Å². The van der Waals surface area contributed by atoms with Crippen LogP contribution in [0.2, 0.25) is 0 Å². The number of nitrogens with two attached hydrogens (primary N) is 1. The lowest BCUT2D eigenvalue weighted by Gasteiger charge is -2.20. The minimum atomic E-state index is -0.773. The van der Waals surface area contributed by atoms with E-state index in [1.54, 1.807) is 46.6 Å². The number of halogens is 1.